The molecule has 2 aliphatic rings. The standard InChI is InChI=1S/C27H32N2O5/c1-2-8-24(26(32)28-23-14-7-9-17(23)15-25(30)31)29-27(33)34-16-22-20-12-5-3-10-18(20)19-11-4-6-13-21(19)22/h3-6,10-13,17,22-24H,2,7-9,14-16H2,1H3,(H,28,32)(H,29,33)(H,30,31)/t17-,23+,24-/m0/s1. The van der Waals surface area contributed by atoms with Gasteiger partial charge in [0.2, 0.25) is 5.91 Å². The van der Waals surface area contributed by atoms with Crippen LogP contribution in [0.5, 0.6) is 0 Å². The Hall–Kier alpha value is -3.35. The van der Waals surface area contributed by atoms with Gasteiger partial charge in [-0.15, -0.1) is 0 Å². The summed E-state index contributed by atoms with van der Waals surface area (Å²) in [5, 5.41) is 14.8. The van der Waals surface area contributed by atoms with Gasteiger partial charge in [-0.3, -0.25) is 9.59 Å². The molecule has 0 spiro atoms. The minimum absolute atomic E-state index is 0.0448. The number of hydrogen-bond acceptors (Lipinski definition) is 4. The van der Waals surface area contributed by atoms with Gasteiger partial charge in [0.25, 0.3) is 0 Å². The van der Waals surface area contributed by atoms with Crippen LogP contribution in [0.3, 0.4) is 0 Å². The summed E-state index contributed by atoms with van der Waals surface area (Å²) in [4.78, 5) is 36.7. The molecule has 7 heteroatoms. The van der Waals surface area contributed by atoms with Crippen LogP contribution in [0.4, 0.5) is 4.79 Å². The number of carbonyl (C=O) groups is 3. The largest absolute Gasteiger partial charge is 0.481 e. The zero-order chi connectivity index (χ0) is 24.1. The second-order valence-corrected chi connectivity index (χ2v) is 9.22. The van der Waals surface area contributed by atoms with Gasteiger partial charge < -0.3 is 20.5 Å². The number of amides is 2. The number of benzene rings is 2. The van der Waals surface area contributed by atoms with Crippen molar-refractivity contribution in [3.63, 3.8) is 0 Å². The lowest BCUT2D eigenvalue weighted by molar-refractivity contribution is -0.138. The van der Waals surface area contributed by atoms with E-state index >= 15 is 0 Å². The summed E-state index contributed by atoms with van der Waals surface area (Å²) in [5.41, 5.74) is 4.57. The van der Waals surface area contributed by atoms with E-state index in [-0.39, 0.29) is 36.8 Å². The fraction of sp³-hybridized carbons (Fsp3) is 0.444. The second kappa shape index (κ2) is 10.7. The van der Waals surface area contributed by atoms with E-state index in [9.17, 15) is 14.4 Å². The molecule has 2 aliphatic carbocycles. The summed E-state index contributed by atoms with van der Waals surface area (Å²) in [7, 11) is 0. The van der Waals surface area contributed by atoms with Gasteiger partial charge in [0.05, 0.1) is 6.42 Å². The van der Waals surface area contributed by atoms with E-state index in [1.807, 2.05) is 31.2 Å². The molecule has 0 saturated heterocycles. The molecule has 34 heavy (non-hydrogen) atoms. The van der Waals surface area contributed by atoms with E-state index in [0.717, 1.165) is 41.5 Å². The average Bonchev–Trinajstić information content (AvgIpc) is 3.38. The Morgan fingerprint density at radius 1 is 1.03 bits per heavy atom. The van der Waals surface area contributed by atoms with E-state index in [1.165, 1.54) is 0 Å². The smallest absolute Gasteiger partial charge is 0.407 e. The third-order valence-electron chi connectivity index (χ3n) is 6.95. The Kier molecular flexibility index (Phi) is 7.50. The Morgan fingerprint density at radius 2 is 1.68 bits per heavy atom. The van der Waals surface area contributed by atoms with Gasteiger partial charge in [-0.25, -0.2) is 4.79 Å². The van der Waals surface area contributed by atoms with Crippen LogP contribution in [0.25, 0.3) is 11.1 Å². The van der Waals surface area contributed by atoms with E-state index < -0.39 is 18.1 Å². The summed E-state index contributed by atoms with van der Waals surface area (Å²) in [5.74, 6) is -1.25. The monoisotopic (exact) mass is 464 g/mol. The van der Waals surface area contributed by atoms with Crippen LogP contribution in [0.1, 0.15) is 62.5 Å². The fourth-order valence-electron chi connectivity index (χ4n) is 5.32. The second-order valence-electron chi connectivity index (χ2n) is 9.22. The van der Waals surface area contributed by atoms with Crippen molar-refractivity contribution in [3.05, 3.63) is 59.7 Å². The molecule has 180 valence electrons. The zero-order valence-electron chi connectivity index (χ0n) is 19.5. The van der Waals surface area contributed by atoms with Crippen molar-refractivity contribution in [1.82, 2.24) is 10.6 Å². The summed E-state index contributed by atoms with van der Waals surface area (Å²) in [6.07, 6.45) is 3.05. The molecule has 0 aliphatic heterocycles. The normalized spacial score (nSPS) is 19.7. The zero-order valence-corrected chi connectivity index (χ0v) is 19.5. The van der Waals surface area contributed by atoms with E-state index in [0.29, 0.717) is 12.8 Å². The number of aliphatic carboxylic acids is 1. The van der Waals surface area contributed by atoms with E-state index in [1.54, 1.807) is 0 Å². The van der Waals surface area contributed by atoms with Crippen LogP contribution >= 0.6 is 0 Å². The first-order valence-electron chi connectivity index (χ1n) is 12.1. The van der Waals surface area contributed by atoms with Crippen molar-refractivity contribution < 1.29 is 24.2 Å². The minimum atomic E-state index is -0.854. The molecule has 0 heterocycles. The van der Waals surface area contributed by atoms with Crippen LogP contribution in [-0.2, 0) is 14.3 Å². The predicted octanol–water partition coefficient (Wildman–Crippen LogP) is 4.45. The SMILES string of the molecule is CCC[C@H](NC(=O)OCC1c2ccccc2-c2ccccc21)C(=O)N[C@@H]1CCC[C@H]1CC(=O)O. The highest BCUT2D eigenvalue weighted by molar-refractivity contribution is 5.86. The molecule has 3 atom stereocenters. The number of alkyl carbamates (subject to hydrolysis) is 1. The van der Waals surface area contributed by atoms with Gasteiger partial charge in [0, 0.05) is 12.0 Å². The number of carboxylic acids is 1. The van der Waals surface area contributed by atoms with Gasteiger partial charge in [-0.2, -0.15) is 0 Å². The third kappa shape index (κ3) is 5.24. The van der Waals surface area contributed by atoms with Crippen LogP contribution in [0.15, 0.2) is 48.5 Å². The molecule has 0 aromatic heterocycles. The maximum Gasteiger partial charge on any atom is 0.407 e. The predicted molar refractivity (Wildman–Crippen MR) is 128 cm³/mol. The number of nitrogens with one attached hydrogen (secondary N) is 2. The van der Waals surface area contributed by atoms with Crippen LogP contribution in [0, 0.1) is 5.92 Å². The molecule has 0 bridgehead atoms. The Bertz CT molecular complexity index is 1010. The Morgan fingerprint density at radius 3 is 2.29 bits per heavy atom. The molecular weight excluding hydrogens is 432 g/mol. The van der Waals surface area contributed by atoms with Gasteiger partial charge in [0.1, 0.15) is 12.6 Å². The highest BCUT2D eigenvalue weighted by atomic mass is 16.5. The third-order valence-corrected chi connectivity index (χ3v) is 6.95. The van der Waals surface area contributed by atoms with Gasteiger partial charge >= 0.3 is 12.1 Å². The van der Waals surface area contributed by atoms with Crippen LogP contribution in [-0.4, -0.2) is 41.8 Å². The van der Waals surface area contributed by atoms with Gasteiger partial charge in [0.15, 0.2) is 0 Å². The Labute approximate surface area is 199 Å². The molecular formula is C27H32N2O5. The lowest BCUT2D eigenvalue weighted by atomic mass is 9.98. The number of fused-ring (bicyclic) bond motifs is 3. The average molecular weight is 465 g/mol. The molecule has 2 aromatic carbocycles. The van der Waals surface area contributed by atoms with Crippen molar-refractivity contribution in [2.24, 2.45) is 5.92 Å². The highest BCUT2D eigenvalue weighted by Crippen LogP contribution is 2.44. The van der Waals surface area contributed by atoms with E-state index in [4.69, 9.17) is 9.84 Å². The maximum absolute atomic E-state index is 12.9. The lowest BCUT2D eigenvalue weighted by Crippen LogP contribution is -2.50. The summed E-state index contributed by atoms with van der Waals surface area (Å²) in [6.45, 7) is 2.13. The van der Waals surface area contributed by atoms with Crippen LogP contribution in [0.2, 0.25) is 0 Å². The van der Waals surface area contributed by atoms with Crippen LogP contribution < -0.4 is 10.6 Å². The maximum atomic E-state index is 12.9. The molecule has 2 aromatic rings. The molecule has 0 unspecified atom stereocenters. The molecule has 3 N–H and O–H groups in total. The first-order valence-corrected chi connectivity index (χ1v) is 12.1. The van der Waals surface area contributed by atoms with E-state index in [2.05, 4.69) is 34.9 Å². The number of rotatable bonds is 9. The van der Waals surface area contributed by atoms with Crippen molar-refractivity contribution in [2.75, 3.05) is 6.61 Å². The summed E-state index contributed by atoms with van der Waals surface area (Å²) < 4.78 is 5.60. The number of ether oxygens (including phenoxy) is 1. The highest BCUT2D eigenvalue weighted by Gasteiger charge is 2.33. The van der Waals surface area contributed by atoms with Crippen molar-refractivity contribution in [1.29, 1.82) is 0 Å². The fourth-order valence-corrected chi connectivity index (χ4v) is 5.32. The lowest BCUT2D eigenvalue weighted by Gasteiger charge is -2.24. The minimum Gasteiger partial charge on any atom is -0.481 e. The summed E-state index contributed by atoms with van der Waals surface area (Å²) in [6, 6.07) is 15.4. The van der Waals surface area contributed by atoms with Crippen molar-refractivity contribution in [2.45, 2.75) is 63.5 Å². The molecule has 1 saturated carbocycles. The summed E-state index contributed by atoms with van der Waals surface area (Å²) >= 11 is 0. The van der Waals surface area contributed by atoms with Crippen molar-refractivity contribution in [3.8, 4) is 11.1 Å². The first kappa shape index (κ1) is 23.8. The number of carbonyl (C=O) groups excluding carboxylic acids is 2. The quantitative estimate of drug-likeness (QED) is 0.508. The number of carboxylic acid groups (broad SMARTS) is 1. The van der Waals surface area contributed by atoms with Crippen molar-refractivity contribution >= 4 is 18.0 Å². The molecule has 0 radical (unpaired) electrons. The molecule has 4 rings (SSSR count). The van der Waals surface area contributed by atoms with Gasteiger partial charge in [-0.05, 0) is 47.4 Å². The first-order chi connectivity index (χ1) is 16.5. The number of hydrogen-bond donors (Lipinski definition) is 3. The molecule has 7 nitrogen and oxygen atoms in total. The Balaban J connectivity index is 1.36. The van der Waals surface area contributed by atoms with Gasteiger partial charge in [-0.1, -0.05) is 68.3 Å². The molecule has 1 fully saturated rings. The topological polar surface area (TPSA) is 105 Å². The molecule has 2 amide bonds.